The van der Waals surface area contributed by atoms with Crippen LogP contribution >= 0.6 is 11.6 Å². The number of carbonyl (C=O) groups is 1. The Kier molecular flexibility index (Phi) is 4.47. The Bertz CT molecular complexity index is 540. The van der Waals surface area contributed by atoms with E-state index in [1.165, 1.54) is 0 Å². The zero-order chi connectivity index (χ0) is 13.7. The topological polar surface area (TPSA) is 54.1 Å². The third-order valence-corrected chi connectivity index (χ3v) is 2.95. The van der Waals surface area contributed by atoms with Crippen molar-refractivity contribution in [2.75, 3.05) is 0 Å². The van der Waals surface area contributed by atoms with Gasteiger partial charge in [-0.2, -0.15) is 0 Å². The molecule has 2 N–H and O–H groups in total. The van der Waals surface area contributed by atoms with Gasteiger partial charge in [-0.05, 0) is 30.7 Å². The van der Waals surface area contributed by atoms with Crippen LogP contribution in [-0.2, 0) is 11.3 Å². The van der Waals surface area contributed by atoms with Crippen LogP contribution in [0.2, 0.25) is 5.02 Å². The Morgan fingerprint density at radius 1 is 1.42 bits per heavy atom. The van der Waals surface area contributed by atoms with Crippen LogP contribution in [0.15, 0.2) is 42.7 Å². The lowest BCUT2D eigenvalue weighted by Crippen LogP contribution is -2.35. The minimum Gasteiger partial charge on any atom is -0.479 e. The molecule has 0 bridgehead atoms. The van der Waals surface area contributed by atoms with Crippen molar-refractivity contribution in [3.8, 4) is 5.75 Å². The summed E-state index contributed by atoms with van der Waals surface area (Å²) in [4.78, 5) is 14.8. The summed E-state index contributed by atoms with van der Waals surface area (Å²) in [5.74, 6) is 0.328. The molecule has 0 aliphatic rings. The molecule has 100 valence electrons. The number of halogens is 1. The van der Waals surface area contributed by atoms with Crippen molar-refractivity contribution >= 4 is 17.5 Å². The van der Waals surface area contributed by atoms with Crippen molar-refractivity contribution in [1.82, 2.24) is 10.3 Å². The molecule has 1 amide bonds. The first-order chi connectivity index (χ1) is 9.16. The van der Waals surface area contributed by atoms with Crippen LogP contribution in [0.4, 0.5) is 0 Å². The number of aromatic nitrogens is 1. The van der Waals surface area contributed by atoms with Gasteiger partial charge in [0, 0.05) is 18.9 Å². The summed E-state index contributed by atoms with van der Waals surface area (Å²) in [7, 11) is 0. The molecule has 0 aliphatic carbocycles. The van der Waals surface area contributed by atoms with E-state index in [1.807, 2.05) is 30.6 Å². The monoisotopic (exact) mass is 278 g/mol. The van der Waals surface area contributed by atoms with E-state index < -0.39 is 6.10 Å². The van der Waals surface area contributed by atoms with Crippen LogP contribution in [0, 0.1) is 0 Å². The normalized spacial score (nSPS) is 11.9. The number of nitrogens with one attached hydrogen (secondary N) is 2. The third kappa shape index (κ3) is 3.76. The molecule has 1 heterocycles. The smallest absolute Gasteiger partial charge is 0.261 e. The molecule has 0 spiro atoms. The molecular formula is C14H15ClN2O2. The second kappa shape index (κ2) is 6.29. The molecule has 0 aliphatic heterocycles. The van der Waals surface area contributed by atoms with Crippen molar-refractivity contribution in [1.29, 1.82) is 0 Å². The number of para-hydroxylation sites is 1. The quantitative estimate of drug-likeness (QED) is 0.884. The average molecular weight is 279 g/mol. The Morgan fingerprint density at radius 2 is 2.21 bits per heavy atom. The molecule has 0 fully saturated rings. The first-order valence-electron chi connectivity index (χ1n) is 5.97. The van der Waals surface area contributed by atoms with Gasteiger partial charge in [0.15, 0.2) is 6.10 Å². The molecule has 19 heavy (non-hydrogen) atoms. The highest BCUT2D eigenvalue weighted by Crippen LogP contribution is 2.24. The minimum absolute atomic E-state index is 0.180. The van der Waals surface area contributed by atoms with E-state index in [0.717, 1.165) is 5.56 Å². The summed E-state index contributed by atoms with van der Waals surface area (Å²) >= 11 is 5.97. The van der Waals surface area contributed by atoms with Crippen molar-refractivity contribution in [3.63, 3.8) is 0 Å². The first-order valence-corrected chi connectivity index (χ1v) is 6.35. The molecule has 0 radical (unpaired) electrons. The van der Waals surface area contributed by atoms with Crippen LogP contribution in [0.25, 0.3) is 0 Å². The Morgan fingerprint density at radius 3 is 2.89 bits per heavy atom. The third-order valence-electron chi connectivity index (χ3n) is 2.64. The number of H-pyrrole nitrogens is 1. The van der Waals surface area contributed by atoms with Gasteiger partial charge in [-0.15, -0.1) is 0 Å². The van der Waals surface area contributed by atoms with Crippen molar-refractivity contribution in [3.05, 3.63) is 53.3 Å². The lowest BCUT2D eigenvalue weighted by atomic mass is 10.3. The fraction of sp³-hybridized carbons (Fsp3) is 0.214. The van der Waals surface area contributed by atoms with Gasteiger partial charge in [0.25, 0.3) is 5.91 Å². The number of hydrogen-bond acceptors (Lipinski definition) is 2. The number of carbonyl (C=O) groups excluding carboxylic acids is 1. The highest BCUT2D eigenvalue weighted by molar-refractivity contribution is 6.32. The summed E-state index contributed by atoms with van der Waals surface area (Å²) in [6.45, 7) is 2.16. The van der Waals surface area contributed by atoms with Gasteiger partial charge in [-0.1, -0.05) is 23.7 Å². The SMILES string of the molecule is CC(Oc1ccccc1Cl)C(=O)NCc1cc[nH]c1. The van der Waals surface area contributed by atoms with E-state index in [9.17, 15) is 4.79 Å². The summed E-state index contributed by atoms with van der Waals surface area (Å²) < 4.78 is 5.53. The lowest BCUT2D eigenvalue weighted by molar-refractivity contribution is -0.127. The summed E-state index contributed by atoms with van der Waals surface area (Å²) in [6, 6.07) is 8.98. The highest BCUT2D eigenvalue weighted by Gasteiger charge is 2.15. The maximum absolute atomic E-state index is 11.9. The zero-order valence-electron chi connectivity index (χ0n) is 10.5. The standard InChI is InChI=1S/C14H15ClN2O2/c1-10(19-13-5-3-2-4-12(13)15)14(18)17-9-11-6-7-16-8-11/h2-8,10,16H,9H2,1H3,(H,17,18). The van der Waals surface area contributed by atoms with Gasteiger partial charge < -0.3 is 15.0 Å². The molecule has 1 unspecified atom stereocenters. The van der Waals surface area contributed by atoms with E-state index in [4.69, 9.17) is 16.3 Å². The predicted octanol–water partition coefficient (Wildman–Crippen LogP) is 2.75. The van der Waals surface area contributed by atoms with E-state index in [-0.39, 0.29) is 5.91 Å². The van der Waals surface area contributed by atoms with Gasteiger partial charge >= 0.3 is 0 Å². The zero-order valence-corrected chi connectivity index (χ0v) is 11.3. The predicted molar refractivity (Wildman–Crippen MR) is 74.2 cm³/mol. The van der Waals surface area contributed by atoms with Crippen molar-refractivity contribution in [2.24, 2.45) is 0 Å². The molecular weight excluding hydrogens is 264 g/mol. The van der Waals surface area contributed by atoms with Crippen molar-refractivity contribution < 1.29 is 9.53 Å². The minimum atomic E-state index is -0.598. The molecule has 1 atom stereocenters. The number of benzene rings is 1. The lowest BCUT2D eigenvalue weighted by Gasteiger charge is -2.15. The van der Waals surface area contributed by atoms with Gasteiger partial charge in [-0.25, -0.2) is 0 Å². The van der Waals surface area contributed by atoms with E-state index in [0.29, 0.717) is 17.3 Å². The second-order valence-electron chi connectivity index (χ2n) is 4.13. The molecule has 2 aromatic rings. The van der Waals surface area contributed by atoms with E-state index >= 15 is 0 Å². The number of ether oxygens (including phenoxy) is 1. The Labute approximate surface area is 116 Å². The summed E-state index contributed by atoms with van der Waals surface area (Å²) in [5, 5.41) is 3.29. The maximum Gasteiger partial charge on any atom is 0.261 e. The molecule has 0 saturated carbocycles. The average Bonchev–Trinajstić information content (AvgIpc) is 2.91. The Balaban J connectivity index is 1.87. The summed E-state index contributed by atoms with van der Waals surface area (Å²) in [5.41, 5.74) is 1.01. The highest BCUT2D eigenvalue weighted by atomic mass is 35.5. The van der Waals surface area contributed by atoms with Crippen LogP contribution in [0.5, 0.6) is 5.75 Å². The fourth-order valence-corrected chi connectivity index (χ4v) is 1.77. The largest absolute Gasteiger partial charge is 0.479 e. The molecule has 2 rings (SSSR count). The molecule has 0 saturated heterocycles. The second-order valence-corrected chi connectivity index (χ2v) is 4.53. The van der Waals surface area contributed by atoms with Gasteiger partial charge in [0.2, 0.25) is 0 Å². The van der Waals surface area contributed by atoms with Gasteiger partial charge in [-0.3, -0.25) is 4.79 Å². The van der Waals surface area contributed by atoms with E-state index in [1.54, 1.807) is 19.1 Å². The van der Waals surface area contributed by atoms with E-state index in [2.05, 4.69) is 10.3 Å². The van der Waals surface area contributed by atoms with Crippen LogP contribution < -0.4 is 10.1 Å². The van der Waals surface area contributed by atoms with Crippen molar-refractivity contribution in [2.45, 2.75) is 19.6 Å². The van der Waals surface area contributed by atoms with Gasteiger partial charge in [0.1, 0.15) is 5.75 Å². The number of amides is 1. The number of hydrogen-bond donors (Lipinski definition) is 2. The first kappa shape index (κ1) is 13.5. The number of aromatic amines is 1. The number of rotatable bonds is 5. The van der Waals surface area contributed by atoms with Crippen LogP contribution in [0.3, 0.4) is 0 Å². The summed E-state index contributed by atoms with van der Waals surface area (Å²) in [6.07, 6.45) is 3.05. The molecule has 1 aromatic carbocycles. The van der Waals surface area contributed by atoms with Crippen LogP contribution in [0.1, 0.15) is 12.5 Å². The molecule has 4 nitrogen and oxygen atoms in total. The maximum atomic E-state index is 11.9. The Hall–Kier alpha value is -1.94. The van der Waals surface area contributed by atoms with Gasteiger partial charge in [0.05, 0.1) is 5.02 Å². The van der Waals surface area contributed by atoms with Crippen LogP contribution in [-0.4, -0.2) is 17.0 Å². The fourth-order valence-electron chi connectivity index (χ4n) is 1.59. The molecule has 5 heteroatoms. The molecule has 1 aromatic heterocycles.